The van der Waals surface area contributed by atoms with Gasteiger partial charge in [0.05, 0.1) is 19.2 Å². The molecular formula is C21H23N3O3S2. The van der Waals surface area contributed by atoms with Crippen LogP contribution in [0.1, 0.15) is 35.8 Å². The summed E-state index contributed by atoms with van der Waals surface area (Å²) < 4.78 is 5.15. The van der Waals surface area contributed by atoms with Gasteiger partial charge in [-0.3, -0.25) is 9.59 Å². The predicted octanol–water partition coefficient (Wildman–Crippen LogP) is 4.04. The van der Waals surface area contributed by atoms with Crippen LogP contribution in [-0.2, 0) is 22.6 Å². The highest BCUT2D eigenvalue weighted by molar-refractivity contribution is 7.99. The quantitative estimate of drug-likeness (QED) is 0.530. The molecule has 2 aromatic rings. The van der Waals surface area contributed by atoms with Crippen molar-refractivity contribution in [2.75, 3.05) is 24.7 Å². The largest absolute Gasteiger partial charge is 0.497 e. The van der Waals surface area contributed by atoms with Gasteiger partial charge in [0.2, 0.25) is 11.8 Å². The summed E-state index contributed by atoms with van der Waals surface area (Å²) in [4.78, 5) is 27.9. The van der Waals surface area contributed by atoms with Gasteiger partial charge in [-0.15, -0.1) is 23.1 Å². The van der Waals surface area contributed by atoms with E-state index in [1.807, 2.05) is 24.3 Å². The van der Waals surface area contributed by atoms with Gasteiger partial charge in [0, 0.05) is 29.7 Å². The molecule has 1 N–H and O–H groups in total. The molecule has 2 heterocycles. The monoisotopic (exact) mass is 429 g/mol. The van der Waals surface area contributed by atoms with E-state index in [0.717, 1.165) is 33.3 Å². The number of fused-ring (bicyclic) bond motifs is 1. The lowest BCUT2D eigenvalue weighted by Crippen LogP contribution is -2.33. The van der Waals surface area contributed by atoms with E-state index in [4.69, 9.17) is 4.74 Å². The number of nitrogens with zero attached hydrogens (tertiary/aromatic N) is 2. The highest BCUT2D eigenvalue weighted by atomic mass is 32.2. The lowest BCUT2D eigenvalue weighted by Gasteiger charge is -2.25. The molecule has 1 aromatic heterocycles. The second kappa shape index (κ2) is 9.81. The maximum absolute atomic E-state index is 12.4. The van der Waals surface area contributed by atoms with E-state index in [1.165, 1.54) is 11.3 Å². The third kappa shape index (κ3) is 5.31. The molecule has 3 rings (SSSR count). The van der Waals surface area contributed by atoms with E-state index in [0.29, 0.717) is 36.5 Å². The molecule has 0 saturated carbocycles. The third-order valence-corrected chi connectivity index (χ3v) is 6.97. The van der Waals surface area contributed by atoms with E-state index in [9.17, 15) is 14.9 Å². The van der Waals surface area contributed by atoms with Gasteiger partial charge in [-0.05, 0) is 48.4 Å². The van der Waals surface area contributed by atoms with Crippen molar-refractivity contribution in [2.45, 2.75) is 37.6 Å². The van der Waals surface area contributed by atoms with E-state index >= 15 is 0 Å². The zero-order chi connectivity index (χ0) is 20.8. The Hall–Kier alpha value is -2.50. The second-order valence-electron chi connectivity index (χ2n) is 6.69. The Kier molecular flexibility index (Phi) is 7.18. The second-order valence-corrected chi connectivity index (χ2v) is 8.96. The molecular weight excluding hydrogens is 406 g/mol. The van der Waals surface area contributed by atoms with E-state index in [-0.39, 0.29) is 11.8 Å². The molecule has 8 heteroatoms. The molecule has 0 spiro atoms. The van der Waals surface area contributed by atoms with Crippen LogP contribution >= 0.6 is 23.1 Å². The van der Waals surface area contributed by atoms with Crippen LogP contribution in [0.2, 0.25) is 0 Å². The van der Waals surface area contributed by atoms with Crippen LogP contribution in [0.25, 0.3) is 0 Å². The molecule has 0 unspecified atom stereocenters. The lowest BCUT2D eigenvalue weighted by molar-refractivity contribution is -0.129. The van der Waals surface area contributed by atoms with Crippen LogP contribution in [-0.4, -0.2) is 36.1 Å². The third-order valence-electron chi connectivity index (χ3n) is 4.74. The fourth-order valence-corrected chi connectivity index (χ4v) is 5.25. The first-order valence-electron chi connectivity index (χ1n) is 9.38. The number of benzene rings is 1. The molecule has 0 fully saturated rings. The first-order valence-corrected chi connectivity index (χ1v) is 11.2. The Morgan fingerprint density at radius 2 is 2.10 bits per heavy atom. The zero-order valence-corrected chi connectivity index (χ0v) is 18.1. The van der Waals surface area contributed by atoms with Gasteiger partial charge in [-0.2, -0.15) is 5.26 Å². The van der Waals surface area contributed by atoms with Gasteiger partial charge in [0.15, 0.2) is 0 Å². The van der Waals surface area contributed by atoms with Gasteiger partial charge in [-0.1, -0.05) is 0 Å². The summed E-state index contributed by atoms with van der Waals surface area (Å²) >= 11 is 3.11. The number of amides is 2. The summed E-state index contributed by atoms with van der Waals surface area (Å²) in [6, 6.07) is 10.1. The van der Waals surface area contributed by atoms with Crippen molar-refractivity contribution in [1.82, 2.24) is 4.90 Å². The minimum Gasteiger partial charge on any atom is -0.497 e. The van der Waals surface area contributed by atoms with Crippen molar-refractivity contribution in [2.24, 2.45) is 0 Å². The molecule has 0 atom stereocenters. The minimum absolute atomic E-state index is 0.0301. The van der Waals surface area contributed by atoms with Crippen LogP contribution < -0.4 is 10.1 Å². The van der Waals surface area contributed by atoms with Crippen molar-refractivity contribution >= 4 is 39.9 Å². The Morgan fingerprint density at radius 1 is 1.34 bits per heavy atom. The number of carbonyl (C=O) groups is 2. The first kappa shape index (κ1) is 21.2. The number of hydrogen-bond acceptors (Lipinski definition) is 6. The maximum atomic E-state index is 12.4. The number of ether oxygens (including phenoxy) is 1. The van der Waals surface area contributed by atoms with Crippen LogP contribution in [0.5, 0.6) is 5.75 Å². The molecule has 0 aliphatic carbocycles. The van der Waals surface area contributed by atoms with Gasteiger partial charge >= 0.3 is 0 Å². The number of nitriles is 1. The number of nitrogens with one attached hydrogen (secondary N) is 1. The molecule has 0 radical (unpaired) electrons. The highest BCUT2D eigenvalue weighted by Crippen LogP contribution is 2.36. The molecule has 1 aliphatic heterocycles. The standard InChI is InChI=1S/C21H23N3O3S2/c1-14(25)24-10-9-17-18(12-22)21(29-19(17)13-24)23-20(26)4-3-11-28-16-7-5-15(27-2)6-8-16/h5-8H,3-4,9-11,13H2,1-2H3,(H,23,26). The van der Waals surface area contributed by atoms with Crippen molar-refractivity contribution in [3.05, 3.63) is 40.3 Å². The fraction of sp³-hybridized carbons (Fsp3) is 0.381. The van der Waals surface area contributed by atoms with Gasteiger partial charge in [0.25, 0.3) is 0 Å². The van der Waals surface area contributed by atoms with Crippen LogP contribution in [0, 0.1) is 11.3 Å². The maximum Gasteiger partial charge on any atom is 0.225 e. The summed E-state index contributed by atoms with van der Waals surface area (Å²) in [6.45, 7) is 2.68. The van der Waals surface area contributed by atoms with Crippen molar-refractivity contribution < 1.29 is 14.3 Å². The Labute approximate surface area is 178 Å². The van der Waals surface area contributed by atoms with Crippen LogP contribution in [0.3, 0.4) is 0 Å². The molecule has 6 nitrogen and oxygen atoms in total. The smallest absolute Gasteiger partial charge is 0.225 e. The summed E-state index contributed by atoms with van der Waals surface area (Å²) in [7, 11) is 1.64. The molecule has 29 heavy (non-hydrogen) atoms. The number of thioether (sulfide) groups is 1. The fourth-order valence-electron chi connectivity index (χ4n) is 3.16. The van der Waals surface area contributed by atoms with Gasteiger partial charge < -0.3 is 15.0 Å². The Bertz CT molecular complexity index is 932. The Morgan fingerprint density at radius 3 is 2.76 bits per heavy atom. The van der Waals surface area contributed by atoms with E-state index in [1.54, 1.807) is 30.7 Å². The number of hydrogen-bond donors (Lipinski definition) is 1. The van der Waals surface area contributed by atoms with Gasteiger partial charge in [-0.25, -0.2) is 0 Å². The SMILES string of the molecule is COc1ccc(SCCCC(=O)Nc2sc3c(c2C#N)CCN(C(C)=O)C3)cc1. The average Bonchev–Trinajstić information content (AvgIpc) is 3.07. The summed E-state index contributed by atoms with van der Waals surface area (Å²) in [5.74, 6) is 1.60. The number of anilines is 1. The van der Waals surface area contributed by atoms with Crippen molar-refractivity contribution in [3.63, 3.8) is 0 Å². The minimum atomic E-state index is -0.0844. The molecule has 1 aliphatic rings. The number of thiophene rings is 1. The average molecular weight is 430 g/mol. The molecule has 2 amide bonds. The molecule has 1 aromatic carbocycles. The Balaban J connectivity index is 1.51. The van der Waals surface area contributed by atoms with E-state index < -0.39 is 0 Å². The normalized spacial score (nSPS) is 12.8. The van der Waals surface area contributed by atoms with Gasteiger partial charge in [0.1, 0.15) is 16.8 Å². The number of carbonyl (C=O) groups excluding carboxylic acids is 2. The summed E-state index contributed by atoms with van der Waals surface area (Å²) in [5.41, 5.74) is 1.52. The number of rotatable bonds is 7. The summed E-state index contributed by atoms with van der Waals surface area (Å²) in [6.07, 6.45) is 1.80. The first-order chi connectivity index (χ1) is 14.0. The molecule has 0 saturated heterocycles. The summed E-state index contributed by atoms with van der Waals surface area (Å²) in [5, 5.41) is 13.1. The zero-order valence-electron chi connectivity index (χ0n) is 16.5. The lowest BCUT2D eigenvalue weighted by atomic mass is 10.0. The topological polar surface area (TPSA) is 82.4 Å². The predicted molar refractivity (Wildman–Crippen MR) is 115 cm³/mol. The van der Waals surface area contributed by atoms with Crippen molar-refractivity contribution in [1.29, 1.82) is 5.26 Å². The van der Waals surface area contributed by atoms with E-state index in [2.05, 4.69) is 11.4 Å². The highest BCUT2D eigenvalue weighted by Gasteiger charge is 2.26. The molecule has 152 valence electrons. The number of methoxy groups -OCH3 is 1. The van der Waals surface area contributed by atoms with Crippen LogP contribution in [0.4, 0.5) is 5.00 Å². The molecule has 0 bridgehead atoms. The van der Waals surface area contributed by atoms with Crippen LogP contribution in [0.15, 0.2) is 29.2 Å². The van der Waals surface area contributed by atoms with Crippen molar-refractivity contribution in [3.8, 4) is 11.8 Å².